The summed E-state index contributed by atoms with van der Waals surface area (Å²) in [5.41, 5.74) is 4.17. The fourth-order valence-electron chi connectivity index (χ4n) is 3.16. The highest BCUT2D eigenvalue weighted by atomic mass is 16.3. The number of carbonyl (C=O) groups excluding carboxylic acids is 2. The molecule has 0 bridgehead atoms. The molecule has 1 aliphatic rings. The maximum absolute atomic E-state index is 12.6. The third kappa shape index (κ3) is 3.20. The molecule has 1 aliphatic heterocycles. The molecule has 0 fully saturated rings. The second kappa shape index (κ2) is 6.55. The van der Waals surface area contributed by atoms with Gasteiger partial charge in [-0.1, -0.05) is 59.7 Å². The van der Waals surface area contributed by atoms with E-state index in [4.69, 9.17) is 0 Å². The lowest BCUT2D eigenvalue weighted by Gasteiger charge is -2.27. The van der Waals surface area contributed by atoms with Crippen molar-refractivity contribution in [1.29, 1.82) is 0 Å². The van der Waals surface area contributed by atoms with Crippen molar-refractivity contribution in [2.24, 2.45) is 0 Å². The minimum absolute atomic E-state index is 0.168. The second-order valence-electron chi connectivity index (χ2n) is 6.55. The molecule has 1 unspecified atom stereocenters. The molecule has 0 saturated carbocycles. The van der Waals surface area contributed by atoms with Crippen molar-refractivity contribution < 1.29 is 14.7 Å². The molecule has 4 nitrogen and oxygen atoms in total. The average molecular weight is 335 g/mol. The standard InChI is InChI=1S/C21H21NO3/c1-13-4-8-16(9-5-13)12-22-19(17-10-6-14(2)7-11-17)18(15(3)23)20(24)21(22)25/h4-11,19,24H,12H2,1-3H3. The van der Waals surface area contributed by atoms with Gasteiger partial charge in [-0.05, 0) is 31.9 Å². The van der Waals surface area contributed by atoms with Gasteiger partial charge in [-0.15, -0.1) is 0 Å². The predicted molar refractivity (Wildman–Crippen MR) is 96.0 cm³/mol. The minimum atomic E-state index is -0.563. The molecule has 2 aromatic rings. The molecule has 1 N–H and O–H groups in total. The number of aryl methyl sites for hydroxylation is 2. The Bertz CT molecular complexity index is 848. The van der Waals surface area contributed by atoms with E-state index in [0.29, 0.717) is 6.54 Å². The third-order valence-corrected chi connectivity index (χ3v) is 4.55. The lowest BCUT2D eigenvalue weighted by atomic mass is 9.96. The largest absolute Gasteiger partial charge is 0.503 e. The number of rotatable bonds is 4. The minimum Gasteiger partial charge on any atom is -0.503 e. The van der Waals surface area contributed by atoms with Crippen LogP contribution in [0.2, 0.25) is 0 Å². The number of benzene rings is 2. The second-order valence-corrected chi connectivity index (χ2v) is 6.55. The van der Waals surface area contributed by atoms with E-state index < -0.39 is 17.7 Å². The Morgan fingerprint density at radius 3 is 2.04 bits per heavy atom. The molecular weight excluding hydrogens is 314 g/mol. The van der Waals surface area contributed by atoms with Crippen LogP contribution in [0.3, 0.4) is 0 Å². The molecule has 2 aromatic carbocycles. The normalized spacial score (nSPS) is 17.3. The summed E-state index contributed by atoms with van der Waals surface area (Å²) in [6.45, 7) is 5.70. The zero-order valence-electron chi connectivity index (χ0n) is 14.6. The molecule has 1 amide bonds. The molecule has 4 heteroatoms. The van der Waals surface area contributed by atoms with Crippen molar-refractivity contribution in [3.63, 3.8) is 0 Å². The van der Waals surface area contributed by atoms with E-state index in [1.807, 2.05) is 62.4 Å². The number of aliphatic hydroxyl groups excluding tert-OH is 1. The number of carbonyl (C=O) groups is 2. The Labute approximate surface area is 147 Å². The van der Waals surface area contributed by atoms with Gasteiger partial charge in [0.05, 0.1) is 11.6 Å². The highest BCUT2D eigenvalue weighted by molar-refractivity contribution is 6.08. The fourth-order valence-corrected chi connectivity index (χ4v) is 3.16. The molecule has 0 saturated heterocycles. The number of amides is 1. The average Bonchev–Trinajstić information content (AvgIpc) is 2.82. The summed E-state index contributed by atoms with van der Waals surface area (Å²) in [6, 6.07) is 15.0. The van der Waals surface area contributed by atoms with Crippen molar-refractivity contribution in [3.8, 4) is 0 Å². The summed E-state index contributed by atoms with van der Waals surface area (Å²) in [4.78, 5) is 26.3. The summed E-state index contributed by atoms with van der Waals surface area (Å²) in [5, 5.41) is 10.3. The molecular formula is C21H21NO3. The number of nitrogens with zero attached hydrogens (tertiary/aromatic N) is 1. The van der Waals surface area contributed by atoms with Crippen LogP contribution in [0, 0.1) is 13.8 Å². The highest BCUT2D eigenvalue weighted by Gasteiger charge is 2.42. The SMILES string of the molecule is CC(=O)C1=C(O)C(=O)N(Cc2ccc(C)cc2)C1c1ccc(C)cc1. The van der Waals surface area contributed by atoms with Crippen LogP contribution in [0.1, 0.15) is 35.2 Å². The van der Waals surface area contributed by atoms with Crippen molar-refractivity contribution in [3.05, 3.63) is 82.1 Å². The first-order valence-electron chi connectivity index (χ1n) is 8.25. The van der Waals surface area contributed by atoms with E-state index in [1.54, 1.807) is 4.90 Å². The van der Waals surface area contributed by atoms with Crippen LogP contribution in [-0.4, -0.2) is 21.7 Å². The van der Waals surface area contributed by atoms with Gasteiger partial charge in [0.1, 0.15) is 0 Å². The quantitative estimate of drug-likeness (QED) is 0.925. The van der Waals surface area contributed by atoms with Crippen LogP contribution in [0.25, 0.3) is 0 Å². The van der Waals surface area contributed by atoms with Gasteiger partial charge in [-0.3, -0.25) is 9.59 Å². The molecule has 0 aliphatic carbocycles. The van der Waals surface area contributed by atoms with E-state index in [-0.39, 0.29) is 11.4 Å². The summed E-state index contributed by atoms with van der Waals surface area (Å²) < 4.78 is 0. The van der Waals surface area contributed by atoms with Crippen LogP contribution >= 0.6 is 0 Å². The Morgan fingerprint density at radius 2 is 1.52 bits per heavy atom. The van der Waals surface area contributed by atoms with Crippen LogP contribution in [0.15, 0.2) is 59.9 Å². The van der Waals surface area contributed by atoms with E-state index in [1.165, 1.54) is 6.92 Å². The molecule has 0 radical (unpaired) electrons. The number of Topliss-reactive ketones (excluding diaryl/α,β-unsaturated/α-hetero) is 1. The van der Waals surface area contributed by atoms with Gasteiger partial charge in [-0.2, -0.15) is 0 Å². The van der Waals surface area contributed by atoms with Crippen molar-refractivity contribution in [2.75, 3.05) is 0 Å². The Morgan fingerprint density at radius 1 is 1.00 bits per heavy atom. The van der Waals surface area contributed by atoms with Crippen LogP contribution in [0.5, 0.6) is 0 Å². The molecule has 1 atom stereocenters. The Hall–Kier alpha value is -2.88. The third-order valence-electron chi connectivity index (χ3n) is 4.55. The number of hydrogen-bond acceptors (Lipinski definition) is 3. The van der Waals surface area contributed by atoms with Crippen LogP contribution in [-0.2, 0) is 16.1 Å². The number of hydrogen-bond donors (Lipinski definition) is 1. The predicted octanol–water partition coefficient (Wildman–Crippen LogP) is 3.79. The zero-order valence-corrected chi connectivity index (χ0v) is 14.6. The maximum atomic E-state index is 12.6. The number of aliphatic hydroxyl groups is 1. The molecule has 1 heterocycles. The molecule has 128 valence electrons. The Kier molecular flexibility index (Phi) is 4.45. The van der Waals surface area contributed by atoms with Gasteiger partial charge in [0, 0.05) is 6.54 Å². The molecule has 0 spiro atoms. The van der Waals surface area contributed by atoms with Crippen molar-refractivity contribution >= 4 is 11.7 Å². The topological polar surface area (TPSA) is 57.6 Å². The lowest BCUT2D eigenvalue weighted by Crippen LogP contribution is -2.30. The van der Waals surface area contributed by atoms with Crippen molar-refractivity contribution in [2.45, 2.75) is 33.4 Å². The van der Waals surface area contributed by atoms with Crippen LogP contribution in [0.4, 0.5) is 0 Å². The van der Waals surface area contributed by atoms with E-state index in [0.717, 1.165) is 22.3 Å². The monoisotopic (exact) mass is 335 g/mol. The summed E-state index contributed by atoms with van der Waals surface area (Å²) in [6.07, 6.45) is 0. The summed E-state index contributed by atoms with van der Waals surface area (Å²) >= 11 is 0. The van der Waals surface area contributed by atoms with Gasteiger partial charge in [0.25, 0.3) is 5.91 Å². The van der Waals surface area contributed by atoms with Crippen LogP contribution < -0.4 is 0 Å². The maximum Gasteiger partial charge on any atom is 0.290 e. The van der Waals surface area contributed by atoms with Gasteiger partial charge < -0.3 is 10.0 Å². The first kappa shape index (κ1) is 17.0. The first-order valence-corrected chi connectivity index (χ1v) is 8.25. The summed E-state index contributed by atoms with van der Waals surface area (Å²) in [7, 11) is 0. The molecule has 3 rings (SSSR count). The van der Waals surface area contributed by atoms with E-state index >= 15 is 0 Å². The van der Waals surface area contributed by atoms with Gasteiger partial charge in [0.2, 0.25) is 0 Å². The van der Waals surface area contributed by atoms with Gasteiger partial charge >= 0.3 is 0 Å². The Balaban J connectivity index is 2.03. The smallest absolute Gasteiger partial charge is 0.290 e. The van der Waals surface area contributed by atoms with E-state index in [2.05, 4.69) is 0 Å². The van der Waals surface area contributed by atoms with Crippen molar-refractivity contribution in [1.82, 2.24) is 4.90 Å². The molecule has 25 heavy (non-hydrogen) atoms. The highest BCUT2D eigenvalue weighted by Crippen LogP contribution is 2.38. The summed E-state index contributed by atoms with van der Waals surface area (Å²) in [5.74, 6) is -1.23. The van der Waals surface area contributed by atoms with Gasteiger partial charge in [0.15, 0.2) is 11.5 Å². The fraction of sp³-hybridized carbons (Fsp3) is 0.238. The number of ketones is 1. The van der Waals surface area contributed by atoms with E-state index in [9.17, 15) is 14.7 Å². The van der Waals surface area contributed by atoms with Gasteiger partial charge in [-0.25, -0.2) is 0 Å². The lowest BCUT2D eigenvalue weighted by molar-refractivity contribution is -0.130. The zero-order chi connectivity index (χ0) is 18.1. The first-order chi connectivity index (χ1) is 11.9. The molecule has 0 aromatic heterocycles.